The zero-order valence-electron chi connectivity index (χ0n) is 11.5. The smallest absolute Gasteiger partial charge is 0.321 e. The number of carboxylic acid groups (broad SMARTS) is 1. The number of nitrogens with one attached hydrogen (secondary N) is 1. The van der Waals surface area contributed by atoms with E-state index in [0.717, 1.165) is 18.2 Å². The summed E-state index contributed by atoms with van der Waals surface area (Å²) in [7, 11) is 0. The fraction of sp³-hybridized carbons (Fsp3) is 0.429. The van der Waals surface area contributed by atoms with Crippen molar-refractivity contribution < 1.29 is 23.5 Å². The van der Waals surface area contributed by atoms with E-state index in [1.165, 1.54) is 4.90 Å². The minimum Gasteiger partial charge on any atom is -0.481 e. The standard InChI is InChI=1S/C14H16F2N2O3/c1-2-14(12(19)20)5-6-18(8-14)13(21)17-11-7-9(15)3-4-10(11)16/h3-4,7H,2,5-6,8H2,1H3,(H,17,21)(H,19,20). The molecule has 0 aromatic heterocycles. The topological polar surface area (TPSA) is 69.6 Å². The minimum atomic E-state index is -0.960. The summed E-state index contributed by atoms with van der Waals surface area (Å²) < 4.78 is 26.5. The number of nitrogens with zero attached hydrogens (tertiary/aromatic N) is 1. The summed E-state index contributed by atoms with van der Waals surface area (Å²) in [5.74, 6) is -2.36. The van der Waals surface area contributed by atoms with E-state index in [0.29, 0.717) is 12.8 Å². The summed E-state index contributed by atoms with van der Waals surface area (Å²) in [5.41, 5.74) is -1.22. The fourth-order valence-corrected chi connectivity index (χ4v) is 2.45. The van der Waals surface area contributed by atoms with E-state index < -0.39 is 29.0 Å². The van der Waals surface area contributed by atoms with Gasteiger partial charge in [-0.25, -0.2) is 13.6 Å². The molecule has 0 aliphatic carbocycles. The van der Waals surface area contributed by atoms with Gasteiger partial charge in [0, 0.05) is 19.2 Å². The number of rotatable bonds is 3. The van der Waals surface area contributed by atoms with Crippen molar-refractivity contribution in [3.63, 3.8) is 0 Å². The number of aliphatic carboxylic acids is 1. The zero-order chi connectivity index (χ0) is 15.6. The second-order valence-electron chi connectivity index (χ2n) is 5.16. The maximum Gasteiger partial charge on any atom is 0.321 e. The molecule has 0 saturated carbocycles. The van der Waals surface area contributed by atoms with Gasteiger partial charge in [0.05, 0.1) is 11.1 Å². The lowest BCUT2D eigenvalue weighted by Gasteiger charge is -2.23. The fourth-order valence-electron chi connectivity index (χ4n) is 2.45. The van der Waals surface area contributed by atoms with E-state index in [2.05, 4.69) is 5.32 Å². The monoisotopic (exact) mass is 298 g/mol. The molecule has 2 rings (SSSR count). The predicted octanol–water partition coefficient (Wildman–Crippen LogP) is 2.68. The highest BCUT2D eigenvalue weighted by molar-refractivity contribution is 5.90. The number of carbonyl (C=O) groups excluding carboxylic acids is 1. The Labute approximate surface area is 120 Å². The number of hydrogen-bond acceptors (Lipinski definition) is 2. The highest BCUT2D eigenvalue weighted by atomic mass is 19.1. The lowest BCUT2D eigenvalue weighted by atomic mass is 9.84. The molecule has 1 aliphatic rings. The Bertz CT molecular complexity index is 579. The number of halogens is 2. The normalized spacial score (nSPS) is 21.4. The van der Waals surface area contributed by atoms with Crippen molar-refractivity contribution in [2.45, 2.75) is 19.8 Å². The molecule has 7 heteroatoms. The van der Waals surface area contributed by atoms with Gasteiger partial charge >= 0.3 is 12.0 Å². The molecule has 1 aliphatic heterocycles. The van der Waals surface area contributed by atoms with Gasteiger partial charge in [-0.15, -0.1) is 0 Å². The first-order valence-corrected chi connectivity index (χ1v) is 6.62. The molecule has 1 aromatic carbocycles. The summed E-state index contributed by atoms with van der Waals surface area (Å²) >= 11 is 0. The number of carboxylic acids is 1. The van der Waals surface area contributed by atoms with Gasteiger partial charge in [0.25, 0.3) is 0 Å². The van der Waals surface area contributed by atoms with Gasteiger partial charge in [-0.3, -0.25) is 4.79 Å². The van der Waals surface area contributed by atoms with Crippen LogP contribution in [0.25, 0.3) is 0 Å². The first-order valence-electron chi connectivity index (χ1n) is 6.62. The summed E-state index contributed by atoms with van der Waals surface area (Å²) in [4.78, 5) is 24.7. The Kier molecular flexibility index (Phi) is 4.11. The zero-order valence-corrected chi connectivity index (χ0v) is 11.5. The van der Waals surface area contributed by atoms with Crippen LogP contribution in [-0.4, -0.2) is 35.1 Å². The molecule has 114 valence electrons. The largest absolute Gasteiger partial charge is 0.481 e. The van der Waals surface area contributed by atoms with Crippen LogP contribution in [0.1, 0.15) is 19.8 Å². The van der Waals surface area contributed by atoms with Crippen molar-refractivity contribution in [1.82, 2.24) is 4.90 Å². The molecule has 1 saturated heterocycles. The van der Waals surface area contributed by atoms with Gasteiger partial charge in [0.1, 0.15) is 11.6 Å². The third kappa shape index (κ3) is 2.96. The second-order valence-corrected chi connectivity index (χ2v) is 5.16. The van der Waals surface area contributed by atoms with E-state index in [-0.39, 0.29) is 18.8 Å². The number of amides is 2. The Hall–Kier alpha value is -2.18. The van der Waals surface area contributed by atoms with Gasteiger partial charge in [-0.05, 0) is 25.0 Å². The molecule has 2 N–H and O–H groups in total. The summed E-state index contributed by atoms with van der Waals surface area (Å²) in [5, 5.41) is 11.5. The number of urea groups is 1. The van der Waals surface area contributed by atoms with E-state index >= 15 is 0 Å². The summed E-state index contributed by atoms with van der Waals surface area (Å²) in [6.45, 7) is 2.08. The molecule has 1 aromatic rings. The van der Waals surface area contributed by atoms with Crippen LogP contribution in [0.3, 0.4) is 0 Å². The maximum atomic E-state index is 13.5. The lowest BCUT2D eigenvalue weighted by molar-refractivity contribution is -0.148. The number of carbonyl (C=O) groups is 2. The average molecular weight is 298 g/mol. The second kappa shape index (κ2) is 5.67. The van der Waals surface area contributed by atoms with Crippen LogP contribution in [0, 0.1) is 17.0 Å². The highest BCUT2D eigenvalue weighted by Crippen LogP contribution is 2.34. The Balaban J connectivity index is 2.09. The van der Waals surface area contributed by atoms with E-state index in [9.17, 15) is 23.5 Å². The van der Waals surface area contributed by atoms with Gasteiger partial charge in [0.2, 0.25) is 0 Å². The van der Waals surface area contributed by atoms with Crippen molar-refractivity contribution in [2.24, 2.45) is 5.41 Å². The maximum absolute atomic E-state index is 13.5. The van der Waals surface area contributed by atoms with Gasteiger partial charge in [0.15, 0.2) is 0 Å². The van der Waals surface area contributed by atoms with Crippen LogP contribution in [0.2, 0.25) is 0 Å². The first kappa shape index (κ1) is 15.2. The van der Waals surface area contributed by atoms with Crippen molar-refractivity contribution in [3.05, 3.63) is 29.8 Å². The van der Waals surface area contributed by atoms with Crippen LogP contribution < -0.4 is 5.32 Å². The number of hydrogen-bond donors (Lipinski definition) is 2. The molecule has 1 unspecified atom stereocenters. The van der Waals surface area contributed by atoms with Crippen molar-refractivity contribution in [1.29, 1.82) is 0 Å². The van der Waals surface area contributed by atoms with Gasteiger partial charge in [-0.1, -0.05) is 6.92 Å². The summed E-state index contributed by atoms with van der Waals surface area (Å²) in [6, 6.07) is 2.12. The van der Waals surface area contributed by atoms with Crippen LogP contribution in [0.5, 0.6) is 0 Å². The molecular weight excluding hydrogens is 282 g/mol. The molecule has 0 spiro atoms. The third-order valence-corrected chi connectivity index (χ3v) is 3.94. The van der Waals surface area contributed by atoms with E-state index in [1.54, 1.807) is 6.92 Å². The molecule has 21 heavy (non-hydrogen) atoms. The van der Waals surface area contributed by atoms with Crippen LogP contribution in [0.15, 0.2) is 18.2 Å². The molecule has 5 nitrogen and oxygen atoms in total. The quantitative estimate of drug-likeness (QED) is 0.901. The van der Waals surface area contributed by atoms with Crippen LogP contribution in [0.4, 0.5) is 19.3 Å². The third-order valence-electron chi connectivity index (χ3n) is 3.94. The molecule has 0 radical (unpaired) electrons. The van der Waals surface area contributed by atoms with Crippen LogP contribution >= 0.6 is 0 Å². The Morgan fingerprint density at radius 1 is 1.43 bits per heavy atom. The molecule has 2 amide bonds. The van der Waals surface area contributed by atoms with E-state index in [1.807, 2.05) is 0 Å². The van der Waals surface area contributed by atoms with Gasteiger partial charge in [-0.2, -0.15) is 0 Å². The molecule has 1 fully saturated rings. The highest BCUT2D eigenvalue weighted by Gasteiger charge is 2.44. The number of likely N-dealkylation sites (tertiary alicyclic amines) is 1. The molecule has 1 atom stereocenters. The van der Waals surface area contributed by atoms with Crippen molar-refractivity contribution in [2.75, 3.05) is 18.4 Å². The summed E-state index contributed by atoms with van der Waals surface area (Å²) in [6.07, 6.45) is 0.748. The molecule has 1 heterocycles. The van der Waals surface area contributed by atoms with Crippen molar-refractivity contribution in [3.8, 4) is 0 Å². The Morgan fingerprint density at radius 2 is 2.14 bits per heavy atom. The molecule has 0 bridgehead atoms. The SMILES string of the molecule is CCC1(C(=O)O)CCN(C(=O)Nc2cc(F)ccc2F)C1. The van der Waals surface area contributed by atoms with Crippen molar-refractivity contribution >= 4 is 17.7 Å². The average Bonchev–Trinajstić information content (AvgIpc) is 2.89. The molecular formula is C14H16F2N2O3. The minimum absolute atomic E-state index is 0.0571. The number of anilines is 1. The van der Waals surface area contributed by atoms with Gasteiger partial charge < -0.3 is 15.3 Å². The Morgan fingerprint density at radius 3 is 2.71 bits per heavy atom. The van der Waals surface area contributed by atoms with E-state index in [4.69, 9.17) is 0 Å². The number of benzene rings is 1. The first-order chi connectivity index (χ1) is 9.88. The predicted molar refractivity (Wildman–Crippen MR) is 71.9 cm³/mol. The van der Waals surface area contributed by atoms with Crippen LogP contribution in [-0.2, 0) is 4.79 Å². The lowest BCUT2D eigenvalue weighted by Crippen LogP contribution is -2.38.